The topological polar surface area (TPSA) is 95.6 Å². The monoisotopic (exact) mass is 528 g/mol. The summed E-state index contributed by atoms with van der Waals surface area (Å²) in [4.78, 5) is 22.7. The Bertz CT molecular complexity index is 711. The van der Waals surface area contributed by atoms with Gasteiger partial charge in [0.25, 0.3) is 0 Å². The van der Waals surface area contributed by atoms with Crippen LogP contribution in [0.1, 0.15) is 57.4 Å². The molecule has 1 aliphatic carbocycles. The zero-order valence-electron chi connectivity index (χ0n) is 18.3. The zero-order chi connectivity index (χ0) is 20.7. The molecule has 0 radical (unpaired) electrons. The number of carbonyl (C=O) groups is 1. The number of primary amides is 1. The number of hydrogen-bond donors (Lipinski definition) is 3. The minimum absolute atomic E-state index is 0. The summed E-state index contributed by atoms with van der Waals surface area (Å²) in [6.07, 6.45) is 9.92. The highest BCUT2D eigenvalue weighted by atomic mass is 127. The third kappa shape index (κ3) is 6.21. The van der Waals surface area contributed by atoms with Crippen LogP contribution in [0.5, 0.6) is 0 Å². The van der Waals surface area contributed by atoms with Crippen LogP contribution in [-0.4, -0.2) is 43.5 Å². The Kier molecular flexibility index (Phi) is 9.64. The Labute approximate surface area is 197 Å². The van der Waals surface area contributed by atoms with Crippen LogP contribution in [-0.2, 0) is 11.3 Å². The number of guanidine groups is 1. The number of carbonyl (C=O) groups excluding carboxylic acids is 1. The van der Waals surface area contributed by atoms with Gasteiger partial charge in [-0.1, -0.05) is 25.8 Å². The van der Waals surface area contributed by atoms with Crippen molar-refractivity contribution < 1.29 is 4.79 Å². The normalized spacial score (nSPS) is 19.3. The Hall–Kier alpha value is -1.58. The van der Waals surface area contributed by atoms with Crippen molar-refractivity contribution in [2.24, 2.45) is 22.1 Å². The number of pyridine rings is 1. The van der Waals surface area contributed by atoms with E-state index in [4.69, 9.17) is 5.73 Å². The van der Waals surface area contributed by atoms with E-state index in [2.05, 4.69) is 38.5 Å². The van der Waals surface area contributed by atoms with Crippen LogP contribution in [0.3, 0.4) is 0 Å². The van der Waals surface area contributed by atoms with E-state index in [0.29, 0.717) is 12.0 Å². The van der Waals surface area contributed by atoms with Gasteiger partial charge in [0.2, 0.25) is 5.91 Å². The highest BCUT2D eigenvalue weighted by molar-refractivity contribution is 14.0. The molecule has 0 atom stereocenters. The molecule has 3 rings (SSSR count). The number of aliphatic imine (C=N–C) groups is 1. The number of amides is 1. The maximum absolute atomic E-state index is 11.4. The second-order valence-corrected chi connectivity index (χ2v) is 8.49. The van der Waals surface area contributed by atoms with Gasteiger partial charge in [0.1, 0.15) is 5.82 Å². The van der Waals surface area contributed by atoms with Gasteiger partial charge in [-0.15, -0.1) is 24.0 Å². The summed E-state index contributed by atoms with van der Waals surface area (Å²) in [6, 6.07) is 4.07. The van der Waals surface area contributed by atoms with E-state index >= 15 is 0 Å². The molecule has 1 saturated heterocycles. The van der Waals surface area contributed by atoms with Crippen LogP contribution in [0.4, 0.5) is 5.82 Å². The van der Waals surface area contributed by atoms with Gasteiger partial charge in [0.15, 0.2) is 5.96 Å². The van der Waals surface area contributed by atoms with E-state index in [9.17, 15) is 4.79 Å². The van der Waals surface area contributed by atoms with Crippen LogP contribution in [0.15, 0.2) is 23.3 Å². The molecule has 8 heteroatoms. The fraction of sp³-hybridized carbons (Fsp3) is 0.682. The molecule has 1 saturated carbocycles. The fourth-order valence-corrected chi connectivity index (χ4v) is 4.68. The summed E-state index contributed by atoms with van der Waals surface area (Å²) in [5, 5.41) is 7.00. The lowest BCUT2D eigenvalue weighted by atomic mass is 9.83. The molecule has 2 aliphatic rings. The third-order valence-corrected chi connectivity index (χ3v) is 6.78. The first-order chi connectivity index (χ1) is 14.1. The van der Waals surface area contributed by atoms with E-state index < -0.39 is 0 Å². The maximum Gasteiger partial charge on any atom is 0.220 e. The third-order valence-electron chi connectivity index (χ3n) is 6.78. The molecule has 1 amide bonds. The molecule has 0 unspecified atom stereocenters. The van der Waals surface area contributed by atoms with Gasteiger partial charge in [-0.05, 0) is 43.6 Å². The highest BCUT2D eigenvalue weighted by Gasteiger charge is 2.32. The van der Waals surface area contributed by atoms with Gasteiger partial charge in [-0.2, -0.15) is 0 Å². The van der Waals surface area contributed by atoms with Crippen molar-refractivity contribution in [2.45, 2.75) is 58.4 Å². The number of aromatic nitrogens is 1. The molecule has 0 bridgehead atoms. The van der Waals surface area contributed by atoms with Gasteiger partial charge in [0, 0.05) is 50.9 Å². The van der Waals surface area contributed by atoms with Crippen molar-refractivity contribution in [3.05, 3.63) is 23.9 Å². The van der Waals surface area contributed by atoms with Gasteiger partial charge >= 0.3 is 0 Å². The first kappa shape index (κ1) is 24.7. The number of rotatable bonds is 7. The zero-order valence-corrected chi connectivity index (χ0v) is 20.7. The Balaban J connectivity index is 0.00000320. The predicted molar refractivity (Wildman–Crippen MR) is 133 cm³/mol. The average Bonchev–Trinajstić information content (AvgIpc) is 3.24. The Morgan fingerprint density at radius 1 is 1.30 bits per heavy atom. The Morgan fingerprint density at radius 2 is 2.00 bits per heavy atom. The molecule has 1 aromatic heterocycles. The van der Waals surface area contributed by atoms with E-state index in [1.165, 1.54) is 32.1 Å². The molecule has 0 spiro atoms. The molecular weight excluding hydrogens is 491 g/mol. The van der Waals surface area contributed by atoms with Crippen LogP contribution in [0.25, 0.3) is 0 Å². The molecular formula is C22H37IN6O. The average molecular weight is 528 g/mol. The van der Waals surface area contributed by atoms with Crippen LogP contribution >= 0.6 is 24.0 Å². The van der Waals surface area contributed by atoms with E-state index in [0.717, 1.165) is 49.8 Å². The number of piperidine rings is 1. The summed E-state index contributed by atoms with van der Waals surface area (Å²) in [5.74, 6) is 1.63. The van der Waals surface area contributed by atoms with Crippen LogP contribution in [0, 0.1) is 11.3 Å². The number of nitrogens with one attached hydrogen (secondary N) is 2. The summed E-state index contributed by atoms with van der Waals surface area (Å²) in [5.41, 5.74) is 7.02. The van der Waals surface area contributed by atoms with E-state index in [1.54, 1.807) is 0 Å². The largest absolute Gasteiger partial charge is 0.369 e. The maximum atomic E-state index is 11.4. The molecule has 0 aromatic carbocycles. The summed E-state index contributed by atoms with van der Waals surface area (Å²) >= 11 is 0. The lowest BCUT2D eigenvalue weighted by Gasteiger charge is -2.32. The lowest BCUT2D eigenvalue weighted by Crippen LogP contribution is -2.43. The van der Waals surface area contributed by atoms with Crippen LogP contribution < -0.4 is 21.3 Å². The molecule has 30 heavy (non-hydrogen) atoms. The van der Waals surface area contributed by atoms with Crippen molar-refractivity contribution in [3.8, 4) is 0 Å². The molecule has 2 fully saturated rings. The SMILES string of the molecule is CCC1(CNC(=NC)NCc2cccnc2N2CCC(C(N)=O)CC2)CCCC1.I. The molecule has 168 valence electrons. The van der Waals surface area contributed by atoms with E-state index in [1.807, 2.05) is 19.3 Å². The lowest BCUT2D eigenvalue weighted by molar-refractivity contribution is -0.122. The number of hydrogen-bond acceptors (Lipinski definition) is 4. The second kappa shape index (κ2) is 11.7. The highest BCUT2D eigenvalue weighted by Crippen LogP contribution is 2.40. The van der Waals surface area contributed by atoms with Gasteiger partial charge in [-0.25, -0.2) is 4.98 Å². The van der Waals surface area contributed by atoms with Crippen LogP contribution in [0.2, 0.25) is 0 Å². The molecule has 2 heterocycles. The summed E-state index contributed by atoms with van der Waals surface area (Å²) in [6.45, 7) is 5.56. The number of nitrogens with two attached hydrogens (primary N) is 1. The van der Waals surface area contributed by atoms with Crippen molar-refractivity contribution in [1.29, 1.82) is 0 Å². The van der Waals surface area contributed by atoms with Crippen molar-refractivity contribution in [2.75, 3.05) is 31.6 Å². The van der Waals surface area contributed by atoms with Crippen molar-refractivity contribution in [3.63, 3.8) is 0 Å². The minimum atomic E-state index is -0.186. The number of anilines is 1. The van der Waals surface area contributed by atoms with Crippen molar-refractivity contribution >= 4 is 41.7 Å². The molecule has 4 N–H and O–H groups in total. The van der Waals surface area contributed by atoms with Crippen molar-refractivity contribution in [1.82, 2.24) is 15.6 Å². The smallest absolute Gasteiger partial charge is 0.220 e. The standard InChI is InChI=1S/C22H36N6O.HI/c1-3-22(10-4-5-11-22)16-27-21(24-2)26-15-18-7-6-12-25-20(18)28-13-8-17(9-14-28)19(23)29;/h6-7,12,17H,3-5,8-11,13-16H2,1-2H3,(H2,23,29)(H2,24,26,27);1H. The minimum Gasteiger partial charge on any atom is -0.369 e. The quantitative estimate of drug-likeness (QED) is 0.287. The van der Waals surface area contributed by atoms with Gasteiger partial charge < -0.3 is 21.3 Å². The number of nitrogens with zero attached hydrogens (tertiary/aromatic N) is 3. The van der Waals surface area contributed by atoms with Gasteiger partial charge in [-0.3, -0.25) is 9.79 Å². The number of halogens is 1. The van der Waals surface area contributed by atoms with E-state index in [-0.39, 0.29) is 35.8 Å². The fourth-order valence-electron chi connectivity index (χ4n) is 4.68. The summed E-state index contributed by atoms with van der Waals surface area (Å²) < 4.78 is 0. The van der Waals surface area contributed by atoms with Gasteiger partial charge in [0.05, 0.1) is 0 Å². The molecule has 1 aromatic rings. The first-order valence-corrected chi connectivity index (χ1v) is 11.0. The first-order valence-electron chi connectivity index (χ1n) is 11.0. The predicted octanol–water partition coefficient (Wildman–Crippen LogP) is 3.04. The Morgan fingerprint density at radius 3 is 2.60 bits per heavy atom. The second-order valence-electron chi connectivity index (χ2n) is 8.49. The molecule has 7 nitrogen and oxygen atoms in total. The molecule has 1 aliphatic heterocycles. The summed E-state index contributed by atoms with van der Waals surface area (Å²) in [7, 11) is 1.82.